The normalized spacial score (nSPS) is 14.8. The van der Waals surface area contributed by atoms with Gasteiger partial charge in [0.05, 0.1) is 6.61 Å². The number of nitrogens with one attached hydrogen (secondary N) is 1. The van der Waals surface area contributed by atoms with Crippen molar-refractivity contribution < 1.29 is 4.74 Å². The van der Waals surface area contributed by atoms with Gasteiger partial charge in [-0.05, 0) is 40.5 Å². The quantitative estimate of drug-likeness (QED) is 0.724. The standard InChI is InChI=1S/C15H34N2O/c1-12(2)14(11-16-15(5,6)7)17(13(3)4)9-10-18-8/h12-14,16H,9-11H2,1-8H3. The highest BCUT2D eigenvalue weighted by atomic mass is 16.5. The van der Waals surface area contributed by atoms with Crippen LogP contribution in [0, 0.1) is 5.92 Å². The minimum Gasteiger partial charge on any atom is -0.383 e. The number of hydrogen-bond acceptors (Lipinski definition) is 3. The smallest absolute Gasteiger partial charge is 0.0589 e. The Kier molecular flexibility index (Phi) is 8.08. The van der Waals surface area contributed by atoms with Gasteiger partial charge in [0.1, 0.15) is 0 Å². The second-order valence-corrected chi connectivity index (χ2v) is 6.77. The molecule has 0 saturated heterocycles. The first-order valence-corrected chi connectivity index (χ1v) is 7.18. The summed E-state index contributed by atoms with van der Waals surface area (Å²) in [5, 5.41) is 3.63. The van der Waals surface area contributed by atoms with E-state index < -0.39 is 0 Å². The Morgan fingerprint density at radius 2 is 1.67 bits per heavy atom. The zero-order chi connectivity index (χ0) is 14.3. The van der Waals surface area contributed by atoms with Gasteiger partial charge in [-0.3, -0.25) is 4.90 Å². The van der Waals surface area contributed by atoms with Crippen molar-refractivity contribution in [2.45, 2.75) is 66.1 Å². The Labute approximate surface area is 114 Å². The highest BCUT2D eigenvalue weighted by Crippen LogP contribution is 2.14. The fourth-order valence-corrected chi connectivity index (χ4v) is 2.15. The maximum atomic E-state index is 5.24. The topological polar surface area (TPSA) is 24.5 Å². The zero-order valence-electron chi connectivity index (χ0n) is 13.7. The van der Waals surface area contributed by atoms with Gasteiger partial charge in [-0.2, -0.15) is 0 Å². The molecule has 1 unspecified atom stereocenters. The molecule has 110 valence electrons. The van der Waals surface area contributed by atoms with Gasteiger partial charge in [-0.25, -0.2) is 0 Å². The predicted molar refractivity (Wildman–Crippen MR) is 80.1 cm³/mol. The summed E-state index contributed by atoms with van der Waals surface area (Å²) >= 11 is 0. The molecule has 0 aromatic rings. The minimum absolute atomic E-state index is 0.178. The van der Waals surface area contributed by atoms with Gasteiger partial charge in [0.25, 0.3) is 0 Å². The van der Waals surface area contributed by atoms with E-state index in [4.69, 9.17) is 4.74 Å². The van der Waals surface area contributed by atoms with Gasteiger partial charge in [-0.1, -0.05) is 13.8 Å². The SMILES string of the molecule is COCCN(C(C)C)C(CNC(C)(C)C)C(C)C. The van der Waals surface area contributed by atoms with Crippen LogP contribution in [0.15, 0.2) is 0 Å². The average molecular weight is 258 g/mol. The first-order chi connectivity index (χ1) is 8.19. The van der Waals surface area contributed by atoms with Gasteiger partial charge in [0, 0.05) is 37.8 Å². The van der Waals surface area contributed by atoms with E-state index in [1.54, 1.807) is 7.11 Å². The lowest BCUT2D eigenvalue weighted by Crippen LogP contribution is -2.52. The summed E-state index contributed by atoms with van der Waals surface area (Å²) in [4.78, 5) is 2.55. The summed E-state index contributed by atoms with van der Waals surface area (Å²) in [7, 11) is 1.77. The second-order valence-electron chi connectivity index (χ2n) is 6.77. The Morgan fingerprint density at radius 1 is 1.11 bits per heavy atom. The van der Waals surface area contributed by atoms with Gasteiger partial charge in [-0.15, -0.1) is 0 Å². The molecule has 18 heavy (non-hydrogen) atoms. The van der Waals surface area contributed by atoms with Crippen molar-refractivity contribution in [1.29, 1.82) is 0 Å². The van der Waals surface area contributed by atoms with Crippen LogP contribution >= 0.6 is 0 Å². The highest BCUT2D eigenvalue weighted by Gasteiger charge is 2.25. The largest absolute Gasteiger partial charge is 0.383 e. The van der Waals surface area contributed by atoms with Crippen molar-refractivity contribution in [2.75, 3.05) is 26.8 Å². The Bertz CT molecular complexity index is 209. The van der Waals surface area contributed by atoms with E-state index in [9.17, 15) is 0 Å². The van der Waals surface area contributed by atoms with Crippen LogP contribution < -0.4 is 5.32 Å². The van der Waals surface area contributed by atoms with Crippen molar-refractivity contribution in [2.24, 2.45) is 5.92 Å². The van der Waals surface area contributed by atoms with Crippen LogP contribution in [-0.4, -0.2) is 49.3 Å². The molecule has 0 aromatic heterocycles. The lowest BCUT2D eigenvalue weighted by Gasteiger charge is -2.39. The predicted octanol–water partition coefficient (Wildman–Crippen LogP) is 2.76. The van der Waals surface area contributed by atoms with Gasteiger partial charge in [0.2, 0.25) is 0 Å². The molecular formula is C15H34N2O. The van der Waals surface area contributed by atoms with Crippen LogP contribution in [0.3, 0.4) is 0 Å². The molecule has 0 radical (unpaired) electrons. The van der Waals surface area contributed by atoms with Crippen molar-refractivity contribution >= 4 is 0 Å². The van der Waals surface area contributed by atoms with E-state index in [0.717, 1.165) is 19.7 Å². The van der Waals surface area contributed by atoms with E-state index in [1.165, 1.54) is 0 Å². The summed E-state index contributed by atoms with van der Waals surface area (Å²) in [6.45, 7) is 18.6. The third kappa shape index (κ3) is 7.34. The molecule has 0 aromatic carbocycles. The number of rotatable bonds is 8. The van der Waals surface area contributed by atoms with Crippen molar-refractivity contribution in [3.05, 3.63) is 0 Å². The molecule has 1 N–H and O–H groups in total. The molecule has 0 rings (SSSR count). The molecule has 0 bridgehead atoms. The summed E-state index contributed by atoms with van der Waals surface area (Å²) in [5.41, 5.74) is 0.178. The number of ether oxygens (including phenoxy) is 1. The van der Waals surface area contributed by atoms with Crippen LogP contribution in [0.2, 0.25) is 0 Å². The zero-order valence-corrected chi connectivity index (χ0v) is 13.7. The molecule has 0 aliphatic heterocycles. The fraction of sp³-hybridized carbons (Fsp3) is 1.00. The molecular weight excluding hydrogens is 224 g/mol. The van der Waals surface area contributed by atoms with E-state index in [2.05, 4.69) is 58.7 Å². The van der Waals surface area contributed by atoms with Crippen LogP contribution in [0.1, 0.15) is 48.5 Å². The molecule has 0 aliphatic carbocycles. The summed E-state index contributed by atoms with van der Waals surface area (Å²) in [5.74, 6) is 0.638. The Balaban J connectivity index is 4.60. The molecule has 0 spiro atoms. The van der Waals surface area contributed by atoms with E-state index in [-0.39, 0.29) is 5.54 Å². The molecule has 0 fully saturated rings. The van der Waals surface area contributed by atoms with Crippen molar-refractivity contribution in [1.82, 2.24) is 10.2 Å². The number of hydrogen-bond donors (Lipinski definition) is 1. The van der Waals surface area contributed by atoms with Gasteiger partial charge < -0.3 is 10.1 Å². The lowest BCUT2D eigenvalue weighted by atomic mass is 9.99. The van der Waals surface area contributed by atoms with Crippen LogP contribution in [0.25, 0.3) is 0 Å². The van der Waals surface area contributed by atoms with Gasteiger partial charge in [0.15, 0.2) is 0 Å². The monoisotopic (exact) mass is 258 g/mol. The molecule has 0 saturated carbocycles. The van der Waals surface area contributed by atoms with Crippen molar-refractivity contribution in [3.8, 4) is 0 Å². The van der Waals surface area contributed by atoms with Crippen LogP contribution in [0.4, 0.5) is 0 Å². The minimum atomic E-state index is 0.178. The molecule has 0 heterocycles. The fourth-order valence-electron chi connectivity index (χ4n) is 2.15. The van der Waals surface area contributed by atoms with Gasteiger partial charge >= 0.3 is 0 Å². The first-order valence-electron chi connectivity index (χ1n) is 7.18. The number of methoxy groups -OCH3 is 1. The molecule has 0 aliphatic rings. The van der Waals surface area contributed by atoms with Crippen LogP contribution in [0.5, 0.6) is 0 Å². The molecule has 1 atom stereocenters. The summed E-state index contributed by atoms with van der Waals surface area (Å²) in [6, 6.07) is 1.11. The molecule has 3 heteroatoms. The summed E-state index contributed by atoms with van der Waals surface area (Å²) in [6.07, 6.45) is 0. The average Bonchev–Trinajstić information content (AvgIpc) is 2.20. The highest BCUT2D eigenvalue weighted by molar-refractivity contribution is 4.82. The van der Waals surface area contributed by atoms with E-state index >= 15 is 0 Å². The molecule has 0 amide bonds. The third-order valence-corrected chi connectivity index (χ3v) is 3.25. The first kappa shape index (κ1) is 17.9. The maximum Gasteiger partial charge on any atom is 0.0589 e. The molecule has 3 nitrogen and oxygen atoms in total. The second kappa shape index (κ2) is 8.13. The maximum absolute atomic E-state index is 5.24. The summed E-state index contributed by atoms with van der Waals surface area (Å²) < 4.78 is 5.24. The Hall–Kier alpha value is -0.120. The number of nitrogens with zero attached hydrogens (tertiary/aromatic N) is 1. The van der Waals surface area contributed by atoms with Crippen LogP contribution in [-0.2, 0) is 4.74 Å². The third-order valence-electron chi connectivity index (χ3n) is 3.25. The Morgan fingerprint density at radius 3 is 2.00 bits per heavy atom. The lowest BCUT2D eigenvalue weighted by molar-refractivity contribution is 0.0721. The van der Waals surface area contributed by atoms with E-state index in [0.29, 0.717) is 18.0 Å². The van der Waals surface area contributed by atoms with E-state index in [1.807, 2.05) is 0 Å². The van der Waals surface area contributed by atoms with Crippen molar-refractivity contribution in [3.63, 3.8) is 0 Å².